The fraction of sp³-hybridized carbons (Fsp3) is 0.350. The third kappa shape index (κ3) is 6.15. The Morgan fingerprint density at radius 3 is 2.28 bits per heavy atom. The van der Waals surface area contributed by atoms with Gasteiger partial charge in [0.2, 0.25) is 15.9 Å². The molecule has 158 valence electrons. The molecule has 0 aromatic heterocycles. The fourth-order valence-corrected chi connectivity index (χ4v) is 3.86. The van der Waals surface area contributed by atoms with Crippen molar-refractivity contribution in [1.29, 1.82) is 0 Å². The maximum Gasteiger partial charge on any atom is 0.243 e. The van der Waals surface area contributed by atoms with Gasteiger partial charge in [-0.2, -0.15) is 0 Å². The summed E-state index contributed by atoms with van der Waals surface area (Å²) in [5.41, 5.74) is 0.947. The molecule has 1 amide bonds. The van der Waals surface area contributed by atoms with Crippen LogP contribution in [0.15, 0.2) is 42.5 Å². The molecule has 2 atom stereocenters. The Labute approximate surface area is 169 Å². The Hall–Kier alpha value is -2.68. The van der Waals surface area contributed by atoms with Crippen LogP contribution in [0.4, 0.5) is 14.5 Å². The topological polar surface area (TPSA) is 75.7 Å². The van der Waals surface area contributed by atoms with Crippen molar-refractivity contribution in [2.45, 2.75) is 32.9 Å². The minimum Gasteiger partial charge on any atom is -0.491 e. The van der Waals surface area contributed by atoms with Crippen LogP contribution in [-0.2, 0) is 14.8 Å². The largest absolute Gasteiger partial charge is 0.491 e. The molecule has 1 N–H and O–H groups in total. The van der Waals surface area contributed by atoms with Crippen molar-refractivity contribution in [3.63, 3.8) is 0 Å². The first kappa shape index (κ1) is 22.6. The van der Waals surface area contributed by atoms with E-state index in [0.29, 0.717) is 5.75 Å². The highest BCUT2D eigenvalue weighted by atomic mass is 32.2. The average molecular weight is 426 g/mol. The molecule has 0 spiro atoms. The Balaban J connectivity index is 2.08. The van der Waals surface area contributed by atoms with Crippen LogP contribution >= 0.6 is 0 Å². The van der Waals surface area contributed by atoms with Crippen molar-refractivity contribution >= 4 is 21.6 Å². The van der Waals surface area contributed by atoms with Crippen LogP contribution in [0.25, 0.3) is 0 Å². The smallest absolute Gasteiger partial charge is 0.243 e. The standard InChI is InChI=1S/C20H24F2N2O4S/c1-13-5-8-17(9-6-13)28-12-14(2)23-20(25)15(3)24(29(4,26)27)16-7-10-18(21)19(22)11-16/h5-11,14-15H,12H2,1-4H3,(H,23,25)/t14-,15+/m1/s1. The van der Waals surface area contributed by atoms with Gasteiger partial charge in [-0.25, -0.2) is 17.2 Å². The average Bonchev–Trinajstić information content (AvgIpc) is 2.63. The molecule has 2 aromatic carbocycles. The highest BCUT2D eigenvalue weighted by Gasteiger charge is 2.30. The maximum absolute atomic E-state index is 13.6. The lowest BCUT2D eigenvalue weighted by Crippen LogP contribution is -2.50. The third-order valence-corrected chi connectivity index (χ3v) is 5.40. The van der Waals surface area contributed by atoms with E-state index in [1.807, 2.05) is 19.1 Å². The second-order valence-electron chi connectivity index (χ2n) is 6.87. The van der Waals surface area contributed by atoms with Gasteiger partial charge in [0, 0.05) is 6.07 Å². The van der Waals surface area contributed by atoms with Crippen LogP contribution in [-0.4, -0.2) is 39.3 Å². The van der Waals surface area contributed by atoms with Crippen molar-refractivity contribution in [3.8, 4) is 5.75 Å². The molecule has 0 heterocycles. The molecule has 2 rings (SSSR count). The van der Waals surface area contributed by atoms with Crippen LogP contribution in [0, 0.1) is 18.6 Å². The summed E-state index contributed by atoms with van der Waals surface area (Å²) in [5, 5.41) is 2.67. The van der Waals surface area contributed by atoms with Crippen molar-refractivity contribution in [3.05, 3.63) is 59.7 Å². The number of carbonyl (C=O) groups excluding carboxylic acids is 1. The molecule has 9 heteroatoms. The molecule has 0 fully saturated rings. The molecule has 0 aliphatic carbocycles. The highest BCUT2D eigenvalue weighted by Crippen LogP contribution is 2.23. The summed E-state index contributed by atoms with van der Waals surface area (Å²) in [5.74, 6) is -2.27. The first-order chi connectivity index (χ1) is 13.5. The van der Waals surface area contributed by atoms with E-state index in [0.717, 1.165) is 34.3 Å². The number of ether oxygens (including phenoxy) is 1. The SMILES string of the molecule is Cc1ccc(OC[C@@H](C)NC(=O)[C@H](C)N(c2ccc(F)c(F)c2)S(C)(=O)=O)cc1. The van der Waals surface area contributed by atoms with Gasteiger partial charge in [-0.3, -0.25) is 9.10 Å². The van der Waals surface area contributed by atoms with E-state index in [-0.39, 0.29) is 12.3 Å². The summed E-state index contributed by atoms with van der Waals surface area (Å²) in [6, 6.07) is 8.46. The van der Waals surface area contributed by atoms with Gasteiger partial charge < -0.3 is 10.1 Å². The van der Waals surface area contributed by atoms with Crippen molar-refractivity contribution in [1.82, 2.24) is 5.32 Å². The zero-order valence-corrected chi connectivity index (χ0v) is 17.5. The lowest BCUT2D eigenvalue weighted by Gasteiger charge is -2.29. The van der Waals surface area contributed by atoms with E-state index >= 15 is 0 Å². The lowest BCUT2D eigenvalue weighted by atomic mass is 10.2. The molecule has 0 radical (unpaired) electrons. The highest BCUT2D eigenvalue weighted by molar-refractivity contribution is 7.92. The van der Waals surface area contributed by atoms with Crippen LogP contribution in [0.2, 0.25) is 0 Å². The normalized spacial score (nSPS) is 13.4. The number of hydrogen-bond acceptors (Lipinski definition) is 4. The van der Waals surface area contributed by atoms with E-state index in [4.69, 9.17) is 4.74 Å². The number of benzene rings is 2. The molecular formula is C20H24F2N2O4S. The summed E-state index contributed by atoms with van der Waals surface area (Å²) < 4.78 is 57.5. The van der Waals surface area contributed by atoms with E-state index < -0.39 is 39.6 Å². The predicted octanol–water partition coefficient (Wildman–Crippen LogP) is 3.01. The molecule has 0 saturated heterocycles. The summed E-state index contributed by atoms with van der Waals surface area (Å²) in [7, 11) is -3.93. The lowest BCUT2D eigenvalue weighted by molar-refractivity contribution is -0.122. The summed E-state index contributed by atoms with van der Waals surface area (Å²) in [4.78, 5) is 12.6. The van der Waals surface area contributed by atoms with Crippen LogP contribution < -0.4 is 14.4 Å². The number of amides is 1. The third-order valence-electron chi connectivity index (χ3n) is 4.16. The Kier molecular flexibility index (Phi) is 7.18. The van der Waals surface area contributed by atoms with Gasteiger partial charge in [-0.1, -0.05) is 17.7 Å². The number of nitrogens with one attached hydrogen (secondary N) is 1. The maximum atomic E-state index is 13.6. The van der Waals surface area contributed by atoms with Gasteiger partial charge in [0.1, 0.15) is 18.4 Å². The minimum atomic E-state index is -3.93. The number of carbonyl (C=O) groups is 1. The van der Waals surface area contributed by atoms with Gasteiger partial charge in [0.15, 0.2) is 11.6 Å². The van der Waals surface area contributed by atoms with Crippen LogP contribution in [0.5, 0.6) is 5.75 Å². The molecule has 29 heavy (non-hydrogen) atoms. The van der Waals surface area contributed by atoms with Crippen molar-refractivity contribution in [2.75, 3.05) is 17.2 Å². The molecule has 2 aromatic rings. The van der Waals surface area contributed by atoms with E-state index in [1.54, 1.807) is 19.1 Å². The quantitative estimate of drug-likeness (QED) is 0.704. The second kappa shape index (κ2) is 9.21. The fourth-order valence-electron chi connectivity index (χ4n) is 2.69. The van der Waals surface area contributed by atoms with Crippen molar-refractivity contribution < 1.29 is 26.7 Å². The second-order valence-corrected chi connectivity index (χ2v) is 8.73. The Bertz CT molecular complexity index is 965. The predicted molar refractivity (Wildman–Crippen MR) is 107 cm³/mol. The number of sulfonamides is 1. The number of hydrogen-bond donors (Lipinski definition) is 1. The zero-order chi connectivity index (χ0) is 21.8. The van der Waals surface area contributed by atoms with Gasteiger partial charge in [-0.15, -0.1) is 0 Å². The molecule has 0 saturated carbocycles. The van der Waals surface area contributed by atoms with Crippen LogP contribution in [0.1, 0.15) is 19.4 Å². The van der Waals surface area contributed by atoms with Gasteiger partial charge in [-0.05, 0) is 45.0 Å². The van der Waals surface area contributed by atoms with Gasteiger partial charge in [0.05, 0.1) is 18.0 Å². The van der Waals surface area contributed by atoms with Gasteiger partial charge >= 0.3 is 0 Å². The van der Waals surface area contributed by atoms with Gasteiger partial charge in [0.25, 0.3) is 0 Å². The number of anilines is 1. The Morgan fingerprint density at radius 1 is 1.10 bits per heavy atom. The summed E-state index contributed by atoms with van der Waals surface area (Å²) >= 11 is 0. The number of nitrogens with zero attached hydrogens (tertiary/aromatic N) is 1. The summed E-state index contributed by atoms with van der Waals surface area (Å²) in [6.07, 6.45) is 0.891. The molecular weight excluding hydrogens is 402 g/mol. The minimum absolute atomic E-state index is 0.141. The number of aryl methyl sites for hydroxylation is 1. The van der Waals surface area contributed by atoms with E-state index in [1.165, 1.54) is 6.92 Å². The first-order valence-corrected chi connectivity index (χ1v) is 10.8. The number of halogens is 2. The zero-order valence-electron chi connectivity index (χ0n) is 16.6. The molecule has 0 bridgehead atoms. The monoisotopic (exact) mass is 426 g/mol. The molecule has 0 aliphatic rings. The summed E-state index contributed by atoms with van der Waals surface area (Å²) in [6.45, 7) is 5.20. The number of rotatable bonds is 8. The molecule has 6 nitrogen and oxygen atoms in total. The van der Waals surface area contributed by atoms with E-state index in [2.05, 4.69) is 5.32 Å². The van der Waals surface area contributed by atoms with Crippen molar-refractivity contribution in [2.24, 2.45) is 0 Å². The van der Waals surface area contributed by atoms with Crippen LogP contribution in [0.3, 0.4) is 0 Å². The Morgan fingerprint density at radius 2 is 1.72 bits per heavy atom. The van der Waals surface area contributed by atoms with E-state index in [9.17, 15) is 22.0 Å². The molecule has 0 unspecified atom stereocenters. The first-order valence-electron chi connectivity index (χ1n) is 8.93. The molecule has 0 aliphatic heterocycles.